The highest BCUT2D eigenvalue weighted by atomic mass is 35.5. The third-order valence-electron chi connectivity index (χ3n) is 3.97. The molecule has 0 atom stereocenters. The van der Waals surface area contributed by atoms with Gasteiger partial charge < -0.3 is 24.8 Å². The first-order valence-corrected chi connectivity index (χ1v) is 9.38. The van der Waals surface area contributed by atoms with Crippen LogP contribution in [0.4, 0.5) is 4.79 Å². The minimum Gasteiger partial charge on any atom is -0.494 e. The van der Waals surface area contributed by atoms with Crippen LogP contribution in [0.3, 0.4) is 0 Å². The predicted molar refractivity (Wildman–Crippen MR) is 104 cm³/mol. The summed E-state index contributed by atoms with van der Waals surface area (Å²) in [5.41, 5.74) is 0.987. The maximum absolute atomic E-state index is 11.8. The lowest BCUT2D eigenvalue weighted by molar-refractivity contribution is 0.171. The van der Waals surface area contributed by atoms with Gasteiger partial charge in [-0.3, -0.25) is 0 Å². The molecule has 2 aromatic rings. The van der Waals surface area contributed by atoms with Crippen molar-refractivity contribution >= 4 is 17.6 Å². The van der Waals surface area contributed by atoms with Gasteiger partial charge in [0.1, 0.15) is 19.0 Å². The van der Waals surface area contributed by atoms with E-state index >= 15 is 0 Å². The molecule has 0 aliphatic carbocycles. The minimum absolute atomic E-state index is 0.196. The third kappa shape index (κ3) is 5.96. The van der Waals surface area contributed by atoms with E-state index < -0.39 is 0 Å². The van der Waals surface area contributed by atoms with Gasteiger partial charge in [-0.25, -0.2) is 4.79 Å². The first kappa shape index (κ1) is 19.2. The van der Waals surface area contributed by atoms with Gasteiger partial charge in [-0.2, -0.15) is 0 Å². The van der Waals surface area contributed by atoms with E-state index in [1.54, 1.807) is 0 Å². The van der Waals surface area contributed by atoms with Crippen molar-refractivity contribution in [3.63, 3.8) is 0 Å². The molecule has 0 bridgehead atoms. The highest BCUT2D eigenvalue weighted by Crippen LogP contribution is 2.38. The maximum Gasteiger partial charge on any atom is 0.314 e. The highest BCUT2D eigenvalue weighted by Gasteiger charge is 2.16. The second-order valence-electron chi connectivity index (χ2n) is 6.05. The molecule has 27 heavy (non-hydrogen) atoms. The van der Waals surface area contributed by atoms with E-state index in [1.165, 1.54) is 0 Å². The number of ether oxygens (including phenoxy) is 3. The van der Waals surface area contributed by atoms with Gasteiger partial charge in [-0.15, -0.1) is 0 Å². The fraction of sp³-hybridized carbons (Fsp3) is 0.350. The number of fused-ring (bicyclic) bond motifs is 1. The molecule has 0 spiro atoms. The molecule has 1 heterocycles. The van der Waals surface area contributed by atoms with Crippen molar-refractivity contribution in [3.8, 4) is 17.2 Å². The minimum atomic E-state index is -0.196. The molecule has 1 aliphatic heterocycles. The number of rotatable bonds is 8. The van der Waals surface area contributed by atoms with Crippen molar-refractivity contribution < 1.29 is 19.0 Å². The lowest BCUT2D eigenvalue weighted by atomic mass is 10.1. The van der Waals surface area contributed by atoms with E-state index in [1.807, 2.05) is 42.5 Å². The topological polar surface area (TPSA) is 68.8 Å². The van der Waals surface area contributed by atoms with Gasteiger partial charge in [0, 0.05) is 13.1 Å². The molecule has 3 rings (SSSR count). The van der Waals surface area contributed by atoms with Crippen LogP contribution in [0.15, 0.2) is 42.5 Å². The number of urea groups is 1. The number of para-hydroxylation sites is 1. The van der Waals surface area contributed by atoms with Gasteiger partial charge in [0.15, 0.2) is 11.5 Å². The first-order valence-electron chi connectivity index (χ1n) is 9.00. The average molecular weight is 391 g/mol. The SMILES string of the molecule is O=C(NCCCOc1ccccc1)NCCc1cc(Cl)c2c(c1)OCCO2. The summed E-state index contributed by atoms with van der Waals surface area (Å²) in [4.78, 5) is 11.8. The van der Waals surface area contributed by atoms with Crippen LogP contribution in [-0.4, -0.2) is 38.9 Å². The molecule has 144 valence electrons. The van der Waals surface area contributed by atoms with Crippen LogP contribution in [0.2, 0.25) is 5.02 Å². The van der Waals surface area contributed by atoms with Crippen LogP contribution in [0, 0.1) is 0 Å². The Labute approximate surface area is 163 Å². The Hall–Kier alpha value is -2.60. The van der Waals surface area contributed by atoms with Gasteiger partial charge in [-0.1, -0.05) is 29.8 Å². The predicted octanol–water partition coefficient (Wildman–Crippen LogP) is 3.42. The van der Waals surface area contributed by atoms with Gasteiger partial charge >= 0.3 is 6.03 Å². The van der Waals surface area contributed by atoms with Crippen molar-refractivity contribution in [2.45, 2.75) is 12.8 Å². The average Bonchev–Trinajstić information content (AvgIpc) is 2.69. The molecule has 2 N–H and O–H groups in total. The Bertz CT molecular complexity index is 755. The second kappa shape index (κ2) is 9.92. The van der Waals surface area contributed by atoms with E-state index in [4.69, 9.17) is 25.8 Å². The Morgan fingerprint density at radius 3 is 2.70 bits per heavy atom. The molecule has 0 unspecified atom stereocenters. The van der Waals surface area contributed by atoms with E-state index in [2.05, 4.69) is 10.6 Å². The Morgan fingerprint density at radius 1 is 1.07 bits per heavy atom. The smallest absolute Gasteiger partial charge is 0.314 e. The lowest BCUT2D eigenvalue weighted by Gasteiger charge is -2.20. The zero-order valence-electron chi connectivity index (χ0n) is 15.0. The van der Waals surface area contributed by atoms with Gasteiger partial charge in [0.2, 0.25) is 0 Å². The molecule has 0 aromatic heterocycles. The van der Waals surface area contributed by atoms with Crippen LogP contribution in [0.1, 0.15) is 12.0 Å². The molecule has 2 aromatic carbocycles. The number of halogens is 1. The number of carbonyl (C=O) groups is 1. The largest absolute Gasteiger partial charge is 0.494 e. The summed E-state index contributed by atoms with van der Waals surface area (Å²) in [6, 6.07) is 13.2. The third-order valence-corrected chi connectivity index (χ3v) is 4.26. The summed E-state index contributed by atoms with van der Waals surface area (Å²) in [7, 11) is 0. The van der Waals surface area contributed by atoms with E-state index in [9.17, 15) is 4.79 Å². The van der Waals surface area contributed by atoms with Crippen molar-refractivity contribution in [2.75, 3.05) is 32.9 Å². The van der Waals surface area contributed by atoms with Crippen molar-refractivity contribution in [2.24, 2.45) is 0 Å². The highest BCUT2D eigenvalue weighted by molar-refractivity contribution is 6.32. The second-order valence-corrected chi connectivity index (χ2v) is 6.46. The molecule has 6 nitrogen and oxygen atoms in total. The molecule has 0 radical (unpaired) electrons. The summed E-state index contributed by atoms with van der Waals surface area (Å²) in [6.45, 7) is 2.63. The molecule has 1 aliphatic rings. The number of carbonyl (C=O) groups excluding carboxylic acids is 1. The van der Waals surface area contributed by atoms with Gasteiger partial charge in [0.25, 0.3) is 0 Å². The first-order chi connectivity index (χ1) is 13.2. The summed E-state index contributed by atoms with van der Waals surface area (Å²) >= 11 is 6.21. The zero-order valence-corrected chi connectivity index (χ0v) is 15.8. The number of amides is 2. The standard InChI is InChI=1S/C20H23ClN2O4/c21-17-13-15(14-18-19(17)27-12-11-26-18)7-9-23-20(24)22-8-4-10-25-16-5-2-1-3-6-16/h1-3,5-6,13-14H,4,7-12H2,(H2,22,23,24). The molecule has 0 saturated heterocycles. The molecular weight excluding hydrogens is 368 g/mol. The maximum atomic E-state index is 11.8. The van der Waals surface area contributed by atoms with Crippen LogP contribution < -0.4 is 24.8 Å². The van der Waals surface area contributed by atoms with Crippen LogP contribution >= 0.6 is 11.6 Å². The normalized spacial score (nSPS) is 12.3. The fourth-order valence-corrected chi connectivity index (χ4v) is 2.96. The molecular formula is C20H23ClN2O4. The van der Waals surface area contributed by atoms with E-state index in [0.29, 0.717) is 55.9 Å². The molecule has 0 fully saturated rings. The number of hydrogen-bond donors (Lipinski definition) is 2. The molecule has 0 saturated carbocycles. The number of hydrogen-bond acceptors (Lipinski definition) is 4. The number of nitrogens with one attached hydrogen (secondary N) is 2. The molecule has 7 heteroatoms. The summed E-state index contributed by atoms with van der Waals surface area (Å²) < 4.78 is 16.6. The van der Waals surface area contributed by atoms with Crippen LogP contribution in [0.25, 0.3) is 0 Å². The quantitative estimate of drug-likeness (QED) is 0.678. The Morgan fingerprint density at radius 2 is 1.85 bits per heavy atom. The Balaban J connectivity index is 1.31. The van der Waals surface area contributed by atoms with Gasteiger partial charge in [-0.05, 0) is 42.7 Å². The molecule has 2 amide bonds. The van der Waals surface area contributed by atoms with E-state index in [0.717, 1.165) is 17.7 Å². The zero-order chi connectivity index (χ0) is 18.9. The van der Waals surface area contributed by atoms with Crippen LogP contribution in [0.5, 0.6) is 17.2 Å². The van der Waals surface area contributed by atoms with E-state index in [-0.39, 0.29) is 6.03 Å². The van der Waals surface area contributed by atoms with Crippen molar-refractivity contribution in [1.29, 1.82) is 0 Å². The Kier molecular flexibility index (Phi) is 7.04. The number of benzene rings is 2. The fourth-order valence-electron chi connectivity index (χ4n) is 2.67. The van der Waals surface area contributed by atoms with Crippen LogP contribution in [-0.2, 0) is 6.42 Å². The van der Waals surface area contributed by atoms with Gasteiger partial charge in [0.05, 0.1) is 11.6 Å². The van der Waals surface area contributed by atoms with Crippen molar-refractivity contribution in [3.05, 3.63) is 53.1 Å². The summed E-state index contributed by atoms with van der Waals surface area (Å²) in [5, 5.41) is 6.18. The lowest BCUT2D eigenvalue weighted by Crippen LogP contribution is -2.37. The summed E-state index contributed by atoms with van der Waals surface area (Å²) in [6.07, 6.45) is 1.39. The van der Waals surface area contributed by atoms with Crippen molar-refractivity contribution in [1.82, 2.24) is 10.6 Å². The summed E-state index contributed by atoms with van der Waals surface area (Å²) in [5.74, 6) is 2.08. The monoisotopic (exact) mass is 390 g/mol.